The number of anilines is 3. The molecule has 0 atom stereocenters. The van der Waals surface area contributed by atoms with E-state index in [1.165, 1.54) is 0 Å². The van der Waals surface area contributed by atoms with Gasteiger partial charge in [-0.3, -0.25) is 0 Å². The molecule has 2 aromatic carbocycles. The Bertz CT molecular complexity index is 1390. The highest BCUT2D eigenvalue weighted by molar-refractivity contribution is 5.79. The van der Waals surface area contributed by atoms with Gasteiger partial charge in [-0.15, -0.1) is 0 Å². The molecule has 0 spiro atoms. The minimum Gasteiger partial charge on any atom is -0.457 e. The fraction of sp³-hybridized carbons (Fsp3) is 0.0800. The fourth-order valence-corrected chi connectivity index (χ4v) is 4.08. The Labute approximate surface area is 179 Å². The summed E-state index contributed by atoms with van der Waals surface area (Å²) in [5, 5.41) is 0. The number of imidazole rings is 1. The summed E-state index contributed by atoms with van der Waals surface area (Å²) in [7, 11) is 2.02. The lowest BCUT2D eigenvalue weighted by atomic mass is 10.1. The molecule has 5 aromatic rings. The summed E-state index contributed by atoms with van der Waals surface area (Å²) in [6, 6.07) is 24.2. The Hall–Kier alpha value is -4.19. The van der Waals surface area contributed by atoms with Crippen LogP contribution in [0.15, 0.2) is 96.0 Å². The Balaban J connectivity index is 1.30. The zero-order chi connectivity index (χ0) is 20.8. The average Bonchev–Trinajstić information content (AvgIpc) is 3.51. The molecule has 6 rings (SSSR count). The van der Waals surface area contributed by atoms with Crippen molar-refractivity contribution in [3.8, 4) is 22.8 Å². The van der Waals surface area contributed by atoms with Gasteiger partial charge in [0, 0.05) is 36.6 Å². The zero-order valence-corrected chi connectivity index (χ0v) is 17.0. The monoisotopic (exact) mass is 408 g/mol. The normalized spacial score (nSPS) is 13.1. The third kappa shape index (κ3) is 3.00. The van der Waals surface area contributed by atoms with Crippen LogP contribution in [0.1, 0.15) is 0 Å². The highest BCUT2D eigenvalue weighted by Crippen LogP contribution is 2.41. The quantitative estimate of drug-likeness (QED) is 0.369. The standard InChI is InChI=1S/C25H20N4O2/c1-27-17-29(23-11-13-30-25(23)27)19-7-5-9-21(15-19)31-20-8-4-6-18(14-20)24-22-10-2-3-12-28(22)16-26-24/h2-16H,17H2,1H3. The van der Waals surface area contributed by atoms with Crippen LogP contribution in [-0.4, -0.2) is 23.1 Å². The molecule has 152 valence electrons. The van der Waals surface area contributed by atoms with Crippen LogP contribution in [0.2, 0.25) is 0 Å². The minimum atomic E-state index is 0.737. The Morgan fingerprint density at radius 1 is 0.935 bits per heavy atom. The van der Waals surface area contributed by atoms with Gasteiger partial charge in [0.15, 0.2) is 0 Å². The van der Waals surface area contributed by atoms with Crippen molar-refractivity contribution in [1.29, 1.82) is 0 Å². The first-order valence-corrected chi connectivity index (χ1v) is 10.1. The van der Waals surface area contributed by atoms with E-state index in [2.05, 4.69) is 39.0 Å². The third-order valence-corrected chi connectivity index (χ3v) is 5.53. The van der Waals surface area contributed by atoms with Gasteiger partial charge in [0.1, 0.15) is 17.2 Å². The largest absolute Gasteiger partial charge is 0.457 e. The molecule has 0 saturated carbocycles. The van der Waals surface area contributed by atoms with Crippen molar-refractivity contribution in [3.63, 3.8) is 0 Å². The van der Waals surface area contributed by atoms with E-state index in [0.29, 0.717) is 0 Å². The van der Waals surface area contributed by atoms with Gasteiger partial charge in [0.2, 0.25) is 5.88 Å². The first-order valence-electron chi connectivity index (χ1n) is 10.1. The topological polar surface area (TPSA) is 46.2 Å². The van der Waals surface area contributed by atoms with E-state index in [-0.39, 0.29) is 0 Å². The van der Waals surface area contributed by atoms with Gasteiger partial charge < -0.3 is 23.4 Å². The number of nitrogens with zero attached hydrogens (tertiary/aromatic N) is 4. The first-order chi connectivity index (χ1) is 15.3. The summed E-state index contributed by atoms with van der Waals surface area (Å²) in [5.74, 6) is 2.43. The SMILES string of the molecule is CN1CN(c2cccc(Oc3cccc(-c4ncn5ccccc45)c3)c2)c2ccoc21. The van der Waals surface area contributed by atoms with E-state index in [9.17, 15) is 0 Å². The first kappa shape index (κ1) is 17.7. The molecule has 4 heterocycles. The van der Waals surface area contributed by atoms with Gasteiger partial charge in [-0.1, -0.05) is 24.3 Å². The van der Waals surface area contributed by atoms with Crippen molar-refractivity contribution in [2.75, 3.05) is 23.5 Å². The van der Waals surface area contributed by atoms with Gasteiger partial charge in [0.25, 0.3) is 0 Å². The molecule has 0 bridgehead atoms. The van der Waals surface area contributed by atoms with Crippen molar-refractivity contribution in [2.24, 2.45) is 0 Å². The molecule has 0 fully saturated rings. The Morgan fingerprint density at radius 3 is 2.74 bits per heavy atom. The fourth-order valence-electron chi connectivity index (χ4n) is 4.08. The summed E-state index contributed by atoms with van der Waals surface area (Å²) in [6.07, 6.45) is 5.55. The van der Waals surface area contributed by atoms with Crippen molar-refractivity contribution < 1.29 is 9.15 Å². The number of rotatable bonds is 4. The second kappa shape index (κ2) is 6.95. The smallest absolute Gasteiger partial charge is 0.220 e. The molecular weight excluding hydrogens is 388 g/mol. The van der Waals surface area contributed by atoms with E-state index in [1.807, 2.05) is 72.5 Å². The van der Waals surface area contributed by atoms with E-state index in [1.54, 1.807) is 6.26 Å². The molecule has 0 radical (unpaired) electrons. The predicted molar refractivity (Wildman–Crippen MR) is 121 cm³/mol. The molecule has 1 aliphatic heterocycles. The van der Waals surface area contributed by atoms with Crippen LogP contribution in [-0.2, 0) is 0 Å². The lowest BCUT2D eigenvalue weighted by molar-refractivity contribution is 0.483. The van der Waals surface area contributed by atoms with Crippen LogP contribution in [0.5, 0.6) is 11.5 Å². The molecule has 6 nitrogen and oxygen atoms in total. The second-order valence-corrected chi connectivity index (χ2v) is 7.59. The summed E-state index contributed by atoms with van der Waals surface area (Å²) in [5.41, 5.74) is 5.14. The molecule has 0 aliphatic carbocycles. The highest BCUT2D eigenvalue weighted by Gasteiger charge is 2.27. The van der Waals surface area contributed by atoms with Crippen molar-refractivity contribution in [3.05, 3.63) is 91.6 Å². The number of furan rings is 1. The molecular formula is C25H20N4O2. The number of hydrogen-bond acceptors (Lipinski definition) is 5. The van der Waals surface area contributed by atoms with Crippen LogP contribution in [0.3, 0.4) is 0 Å². The lowest BCUT2D eigenvalue weighted by Crippen LogP contribution is -2.24. The maximum Gasteiger partial charge on any atom is 0.220 e. The zero-order valence-electron chi connectivity index (χ0n) is 17.0. The van der Waals surface area contributed by atoms with Crippen LogP contribution in [0.25, 0.3) is 16.8 Å². The summed E-state index contributed by atoms with van der Waals surface area (Å²) in [4.78, 5) is 8.88. The number of benzene rings is 2. The number of ether oxygens (including phenoxy) is 1. The summed E-state index contributed by atoms with van der Waals surface area (Å²) >= 11 is 0. The van der Waals surface area contributed by atoms with Crippen LogP contribution >= 0.6 is 0 Å². The van der Waals surface area contributed by atoms with Crippen LogP contribution < -0.4 is 14.5 Å². The van der Waals surface area contributed by atoms with Crippen molar-refractivity contribution in [2.45, 2.75) is 0 Å². The van der Waals surface area contributed by atoms with Gasteiger partial charge in [-0.2, -0.15) is 0 Å². The molecule has 0 unspecified atom stereocenters. The maximum atomic E-state index is 6.23. The van der Waals surface area contributed by atoms with Crippen LogP contribution in [0, 0.1) is 0 Å². The van der Waals surface area contributed by atoms with Gasteiger partial charge in [-0.25, -0.2) is 4.98 Å². The molecule has 31 heavy (non-hydrogen) atoms. The maximum absolute atomic E-state index is 6.23. The van der Waals surface area contributed by atoms with Gasteiger partial charge in [-0.05, 0) is 36.4 Å². The molecule has 3 aromatic heterocycles. The molecule has 1 aliphatic rings. The molecule has 0 N–H and O–H groups in total. The Kier molecular flexibility index (Phi) is 3.96. The van der Waals surface area contributed by atoms with Crippen molar-refractivity contribution >= 4 is 22.8 Å². The third-order valence-electron chi connectivity index (χ3n) is 5.53. The summed E-state index contributed by atoms with van der Waals surface area (Å²) in [6.45, 7) is 0.737. The lowest BCUT2D eigenvalue weighted by Gasteiger charge is -2.19. The van der Waals surface area contributed by atoms with Crippen molar-refractivity contribution in [1.82, 2.24) is 9.38 Å². The molecule has 0 amide bonds. The summed E-state index contributed by atoms with van der Waals surface area (Å²) < 4.78 is 13.8. The number of pyridine rings is 1. The average molecular weight is 408 g/mol. The minimum absolute atomic E-state index is 0.737. The number of hydrogen-bond donors (Lipinski definition) is 0. The van der Waals surface area contributed by atoms with Crippen LogP contribution in [0.4, 0.5) is 17.3 Å². The number of aromatic nitrogens is 2. The highest BCUT2D eigenvalue weighted by atomic mass is 16.5. The van der Waals surface area contributed by atoms with Gasteiger partial charge >= 0.3 is 0 Å². The van der Waals surface area contributed by atoms with Gasteiger partial charge in [0.05, 0.1) is 30.5 Å². The second-order valence-electron chi connectivity index (χ2n) is 7.59. The van der Waals surface area contributed by atoms with E-state index in [4.69, 9.17) is 9.15 Å². The Morgan fingerprint density at radius 2 is 1.81 bits per heavy atom. The van der Waals surface area contributed by atoms with E-state index >= 15 is 0 Å². The predicted octanol–water partition coefficient (Wildman–Crippen LogP) is 5.93. The molecule has 0 saturated heterocycles. The van der Waals surface area contributed by atoms with E-state index in [0.717, 1.165) is 52.2 Å². The number of fused-ring (bicyclic) bond motifs is 2. The van der Waals surface area contributed by atoms with E-state index < -0.39 is 0 Å². The molecule has 6 heteroatoms.